The first-order valence-electron chi connectivity index (χ1n) is 13.7. The van der Waals surface area contributed by atoms with Crippen LogP contribution in [0.4, 0.5) is 52.7 Å². The summed E-state index contributed by atoms with van der Waals surface area (Å²) in [5.41, 5.74) is -22.4. The molecular formula is C28H20F12I4O12S4. The molecule has 2 N–H and O–H groups in total. The SMILES string of the molecule is Ic1ccc([I+]c2ccccc2)cc1.Ic1ccc([I+]c2ccccc2)cc1.O=S(=O)(O)C(F)(F)F.O=S(=O)(O)C(F)(F)F.O=S(=O)([O-])C(F)(F)F.O=S(=O)([O-])C(F)(F)F. The zero-order valence-corrected chi connectivity index (χ0v) is 39.9. The summed E-state index contributed by atoms with van der Waals surface area (Å²) >= 11 is 4.70. The van der Waals surface area contributed by atoms with Gasteiger partial charge in [0, 0.05) is 7.14 Å². The Morgan fingerprint density at radius 2 is 0.550 bits per heavy atom. The van der Waals surface area contributed by atoms with Crippen LogP contribution in [0.25, 0.3) is 0 Å². The van der Waals surface area contributed by atoms with Crippen molar-refractivity contribution in [3.63, 3.8) is 0 Å². The number of halogens is 16. The van der Waals surface area contributed by atoms with E-state index in [1.165, 1.54) is 21.4 Å². The summed E-state index contributed by atoms with van der Waals surface area (Å²) in [6.45, 7) is 0. The maximum Gasteiger partial charge on any atom is 0.522 e. The first kappa shape index (κ1) is 60.7. The van der Waals surface area contributed by atoms with E-state index in [4.69, 9.17) is 51.9 Å². The van der Waals surface area contributed by atoms with Crippen LogP contribution in [0.15, 0.2) is 109 Å². The van der Waals surface area contributed by atoms with Crippen molar-refractivity contribution < 1.29 is 147 Å². The summed E-state index contributed by atoms with van der Waals surface area (Å²) in [5, 5.41) is 0. The number of rotatable bonds is 4. The van der Waals surface area contributed by atoms with Gasteiger partial charge in [-0.15, -0.1) is 0 Å². The minimum Gasteiger partial charge on any atom is -0.741 e. The molecule has 0 saturated heterocycles. The third-order valence-electron chi connectivity index (χ3n) is 4.66. The van der Waals surface area contributed by atoms with Gasteiger partial charge in [-0.05, 0) is 118 Å². The highest BCUT2D eigenvalue weighted by molar-refractivity contribution is 14.1. The third-order valence-corrected chi connectivity index (χ3v) is 13.8. The number of benzene rings is 4. The monoisotopic (exact) mass is 1410 g/mol. The number of hydrogen-bond donors (Lipinski definition) is 2. The summed E-state index contributed by atoms with van der Waals surface area (Å²) in [4.78, 5) is 0. The van der Waals surface area contributed by atoms with Crippen molar-refractivity contribution in [2.45, 2.75) is 22.0 Å². The minimum atomic E-state index is -6.09. The fraction of sp³-hybridized carbons (Fsp3) is 0.143. The van der Waals surface area contributed by atoms with E-state index in [1.807, 2.05) is 0 Å². The van der Waals surface area contributed by atoms with E-state index in [0.29, 0.717) is 0 Å². The van der Waals surface area contributed by atoms with Crippen molar-refractivity contribution in [1.29, 1.82) is 0 Å². The maximum atomic E-state index is 10.7. The van der Waals surface area contributed by atoms with Gasteiger partial charge in [0.2, 0.25) is 0 Å². The molecule has 340 valence electrons. The van der Waals surface area contributed by atoms with E-state index in [-0.39, 0.29) is 42.4 Å². The van der Waals surface area contributed by atoms with Crippen LogP contribution in [0.3, 0.4) is 0 Å². The molecule has 0 spiro atoms. The van der Waals surface area contributed by atoms with Crippen LogP contribution in [-0.2, 0) is 40.5 Å². The van der Waals surface area contributed by atoms with Crippen LogP contribution in [0.5, 0.6) is 0 Å². The second-order valence-electron chi connectivity index (χ2n) is 9.29. The molecule has 0 aromatic heterocycles. The molecule has 0 aliphatic rings. The molecule has 0 bridgehead atoms. The average Bonchev–Trinajstić information content (AvgIpc) is 3.06. The predicted molar refractivity (Wildman–Crippen MR) is 193 cm³/mol. The van der Waals surface area contributed by atoms with Crippen LogP contribution in [0.1, 0.15) is 0 Å². The van der Waals surface area contributed by atoms with Gasteiger partial charge in [-0.1, -0.05) is 36.4 Å². The van der Waals surface area contributed by atoms with Crippen molar-refractivity contribution in [2.75, 3.05) is 0 Å². The van der Waals surface area contributed by atoms with Crippen molar-refractivity contribution in [3.8, 4) is 0 Å². The van der Waals surface area contributed by atoms with Gasteiger partial charge in [0.25, 0.3) is 0 Å². The van der Waals surface area contributed by atoms with Gasteiger partial charge in [0.05, 0.1) is 0 Å². The van der Waals surface area contributed by atoms with Gasteiger partial charge in [0.1, 0.15) is 0 Å². The molecule has 32 heteroatoms. The lowest BCUT2D eigenvalue weighted by atomic mass is 10.4. The molecule has 0 heterocycles. The fourth-order valence-electron chi connectivity index (χ4n) is 2.19. The van der Waals surface area contributed by atoms with Crippen LogP contribution >= 0.6 is 45.2 Å². The van der Waals surface area contributed by atoms with E-state index in [1.54, 1.807) is 0 Å². The second-order valence-corrected chi connectivity index (χ2v) is 23.4. The van der Waals surface area contributed by atoms with Crippen molar-refractivity contribution in [1.82, 2.24) is 0 Å². The topological polar surface area (TPSA) is 223 Å². The molecule has 4 rings (SSSR count). The lowest BCUT2D eigenvalue weighted by Gasteiger charge is -2.08. The summed E-state index contributed by atoms with van der Waals surface area (Å²) < 4.78 is 241. The first-order valence-corrected chi connectivity index (χ1v) is 25.9. The van der Waals surface area contributed by atoms with E-state index < -0.39 is 62.5 Å². The molecule has 4 aromatic carbocycles. The Bertz CT molecular complexity index is 2070. The quantitative estimate of drug-likeness (QED) is 0.129. The highest BCUT2D eigenvalue weighted by atomic mass is 127. The molecule has 60 heavy (non-hydrogen) atoms. The van der Waals surface area contributed by atoms with E-state index in [9.17, 15) is 52.7 Å². The van der Waals surface area contributed by atoms with Gasteiger partial charge in [-0.25, -0.2) is 16.8 Å². The normalized spacial score (nSPS) is 12.2. The predicted octanol–water partition coefficient (Wildman–Crippen LogP) is 1.73. The molecule has 0 aliphatic heterocycles. The Kier molecular flexibility index (Phi) is 26.1. The summed E-state index contributed by atoms with van der Waals surface area (Å²) in [6, 6.07) is 39.1. The molecule has 0 amide bonds. The van der Waals surface area contributed by atoms with Crippen molar-refractivity contribution in [2.24, 2.45) is 0 Å². The summed E-state index contributed by atoms with van der Waals surface area (Å²) in [6.07, 6.45) is 0. The molecule has 0 unspecified atom stereocenters. The Morgan fingerprint density at radius 1 is 0.383 bits per heavy atom. The second kappa shape index (κ2) is 25.8. The maximum absolute atomic E-state index is 10.7. The van der Waals surface area contributed by atoms with Gasteiger partial charge < -0.3 is 9.11 Å². The molecule has 0 atom stereocenters. The molecule has 0 saturated carbocycles. The van der Waals surface area contributed by atoms with Crippen LogP contribution in [0, 0.1) is 21.4 Å². The van der Waals surface area contributed by atoms with E-state index >= 15 is 0 Å². The molecule has 0 aliphatic carbocycles. The first-order chi connectivity index (χ1) is 26.7. The Balaban J connectivity index is 0. The van der Waals surface area contributed by atoms with Gasteiger partial charge in [0.15, 0.2) is 34.5 Å². The van der Waals surface area contributed by atoms with Crippen LogP contribution in [0.2, 0.25) is 0 Å². The Labute approximate surface area is 381 Å². The smallest absolute Gasteiger partial charge is 0.522 e. The zero-order valence-electron chi connectivity index (χ0n) is 28.0. The third kappa shape index (κ3) is 28.3. The lowest BCUT2D eigenvalue weighted by Crippen LogP contribution is -3.61. The summed E-state index contributed by atoms with van der Waals surface area (Å²) in [7, 11) is -23.9. The number of alkyl halides is 12. The van der Waals surface area contributed by atoms with E-state index in [2.05, 4.69) is 154 Å². The van der Waals surface area contributed by atoms with Gasteiger partial charge >= 0.3 is 84.7 Å². The Hall–Kier alpha value is -1.40. The van der Waals surface area contributed by atoms with Gasteiger partial charge in [-0.3, -0.25) is 9.11 Å². The lowest BCUT2D eigenvalue weighted by molar-refractivity contribution is -0.597. The van der Waals surface area contributed by atoms with Crippen molar-refractivity contribution >= 4 is 85.7 Å². The average molecular weight is 1410 g/mol. The van der Waals surface area contributed by atoms with E-state index in [0.717, 1.165) is 0 Å². The number of hydrogen-bond acceptors (Lipinski definition) is 10. The standard InChI is InChI=1S/2C12H9I2.4CHF3O3S/c2*13-10-6-8-12(9-7-10)14-11-4-2-1-3-5-11;4*2-1(3,4)8(5,6)7/h2*1-9H;4*(H,5,6,7)/q2*+1;;;;/p-2. The molecule has 0 fully saturated rings. The summed E-state index contributed by atoms with van der Waals surface area (Å²) in [5.74, 6) is 0. The molecule has 0 radical (unpaired) electrons. The molecular weight excluding hydrogens is 1390 g/mol. The fourth-order valence-corrected chi connectivity index (χ4v) is 7.34. The highest BCUT2D eigenvalue weighted by Crippen LogP contribution is 2.22. The van der Waals surface area contributed by atoms with Crippen molar-refractivity contribution in [3.05, 3.63) is 131 Å². The minimum absolute atomic E-state index is 0.0126. The zero-order chi connectivity index (χ0) is 47.6. The Morgan fingerprint density at radius 3 is 0.700 bits per heavy atom. The van der Waals surface area contributed by atoms with Crippen LogP contribution < -0.4 is 42.4 Å². The molecule has 12 nitrogen and oxygen atoms in total. The largest absolute Gasteiger partial charge is 0.741 e. The molecule has 4 aromatic rings. The van der Waals surface area contributed by atoms with Crippen LogP contribution in [-0.4, -0.2) is 73.9 Å². The highest BCUT2D eigenvalue weighted by Gasteiger charge is 2.45. The van der Waals surface area contributed by atoms with Gasteiger partial charge in [-0.2, -0.15) is 69.5 Å².